The molecule has 2 fully saturated rings. The van der Waals surface area contributed by atoms with Crippen LogP contribution in [0, 0.1) is 15.9 Å². The summed E-state index contributed by atoms with van der Waals surface area (Å²) in [5.74, 6) is -0.600. The van der Waals surface area contributed by atoms with E-state index in [1.54, 1.807) is 25.1 Å². The van der Waals surface area contributed by atoms with Gasteiger partial charge in [0.25, 0.3) is 0 Å². The van der Waals surface area contributed by atoms with E-state index in [-0.39, 0.29) is 24.9 Å². The summed E-state index contributed by atoms with van der Waals surface area (Å²) >= 11 is 5.71. The number of furan rings is 1. The van der Waals surface area contributed by atoms with Crippen molar-refractivity contribution in [3.05, 3.63) is 52.0 Å². The van der Waals surface area contributed by atoms with Crippen LogP contribution in [0.25, 0.3) is 0 Å². The van der Waals surface area contributed by atoms with Gasteiger partial charge >= 0.3 is 12.0 Å². The number of hydrogen-bond donors (Lipinski definition) is 1. The van der Waals surface area contributed by atoms with Crippen LogP contribution in [0.15, 0.2) is 34.7 Å². The zero-order valence-corrected chi connectivity index (χ0v) is 19.7. The maximum atomic E-state index is 15.0. The number of ether oxygens (including phenoxy) is 1. The molecule has 0 aliphatic carbocycles. The third-order valence-corrected chi connectivity index (χ3v) is 6.10. The van der Waals surface area contributed by atoms with Gasteiger partial charge in [0.2, 0.25) is 5.91 Å². The minimum absolute atomic E-state index is 0.119. The van der Waals surface area contributed by atoms with Crippen LogP contribution in [0.4, 0.5) is 26.4 Å². The van der Waals surface area contributed by atoms with Crippen LogP contribution in [0.5, 0.6) is 0 Å². The van der Waals surface area contributed by atoms with E-state index in [4.69, 9.17) is 20.8 Å². The van der Waals surface area contributed by atoms with Gasteiger partial charge in [0, 0.05) is 26.2 Å². The normalized spacial score (nSPS) is 19.5. The van der Waals surface area contributed by atoms with E-state index in [1.807, 2.05) is 4.90 Å². The lowest BCUT2D eigenvalue weighted by Crippen LogP contribution is -2.46. The fourth-order valence-corrected chi connectivity index (χ4v) is 4.11. The lowest BCUT2D eigenvalue weighted by Gasteiger charge is -2.36. The van der Waals surface area contributed by atoms with Gasteiger partial charge < -0.3 is 19.4 Å². The number of carbonyl (C=O) groups is 2. The average molecular weight is 510 g/mol. The van der Waals surface area contributed by atoms with Gasteiger partial charge in [0.1, 0.15) is 28.0 Å². The Morgan fingerprint density at radius 3 is 2.66 bits per heavy atom. The van der Waals surface area contributed by atoms with Crippen LogP contribution in [0.1, 0.15) is 12.7 Å². The topological polar surface area (TPSA) is 121 Å². The lowest BCUT2D eigenvalue weighted by molar-refractivity contribution is -0.402. The average Bonchev–Trinajstić information content (AvgIpc) is 3.44. The molecule has 0 radical (unpaired) electrons. The number of alkyl halides is 1. The highest BCUT2D eigenvalue weighted by Crippen LogP contribution is 2.29. The molecule has 35 heavy (non-hydrogen) atoms. The van der Waals surface area contributed by atoms with E-state index in [0.717, 1.165) is 0 Å². The van der Waals surface area contributed by atoms with Gasteiger partial charge in [-0.15, -0.1) is 11.6 Å². The Balaban J connectivity index is 1.32. The van der Waals surface area contributed by atoms with E-state index >= 15 is 0 Å². The standard InChI is InChI=1S/C22H25ClFN5O6/c1-14(23)21(30)25-11-17-13-28(22(31)35-17)15-2-4-19(18(24)10-15)27-8-6-26(7-9-27)12-16-3-5-20(34-16)29(32)33/h2-5,10,14,17H,6-9,11-13H2,1H3,(H,25,30)/t14?,17-/m0/s1. The molecular weight excluding hydrogens is 485 g/mol. The molecule has 2 saturated heterocycles. The molecule has 2 aliphatic heterocycles. The number of nitro groups is 1. The second-order valence-electron chi connectivity index (χ2n) is 8.37. The van der Waals surface area contributed by atoms with Crippen molar-refractivity contribution < 1.29 is 28.1 Å². The maximum Gasteiger partial charge on any atom is 0.433 e. The van der Waals surface area contributed by atoms with Crippen molar-refractivity contribution in [3.8, 4) is 0 Å². The number of anilines is 2. The van der Waals surface area contributed by atoms with Crippen LogP contribution < -0.4 is 15.1 Å². The van der Waals surface area contributed by atoms with E-state index in [0.29, 0.717) is 49.9 Å². The molecule has 1 aromatic heterocycles. The summed E-state index contributed by atoms with van der Waals surface area (Å²) in [6.07, 6.45) is -1.17. The molecule has 3 heterocycles. The van der Waals surface area contributed by atoms with Gasteiger partial charge in [-0.1, -0.05) is 0 Å². The van der Waals surface area contributed by atoms with E-state index in [1.165, 1.54) is 17.0 Å². The van der Waals surface area contributed by atoms with Crippen LogP contribution in [0.2, 0.25) is 0 Å². The fourth-order valence-electron chi connectivity index (χ4n) is 4.03. The zero-order chi connectivity index (χ0) is 25.1. The first-order valence-electron chi connectivity index (χ1n) is 11.1. The summed E-state index contributed by atoms with van der Waals surface area (Å²) in [5, 5.41) is 12.7. The summed E-state index contributed by atoms with van der Waals surface area (Å²) < 4.78 is 25.5. The van der Waals surface area contributed by atoms with Crippen LogP contribution in [0.3, 0.4) is 0 Å². The van der Waals surface area contributed by atoms with Gasteiger partial charge in [0.05, 0.1) is 37.1 Å². The monoisotopic (exact) mass is 509 g/mol. The molecular formula is C22H25ClFN5O6. The number of hydrogen-bond acceptors (Lipinski definition) is 8. The Labute approximate surface area is 205 Å². The number of amides is 2. The van der Waals surface area contributed by atoms with E-state index in [2.05, 4.69) is 10.2 Å². The third kappa shape index (κ3) is 5.82. The maximum absolute atomic E-state index is 15.0. The predicted molar refractivity (Wildman–Crippen MR) is 125 cm³/mol. The molecule has 0 bridgehead atoms. The third-order valence-electron chi connectivity index (χ3n) is 5.90. The van der Waals surface area contributed by atoms with Gasteiger partial charge in [0.15, 0.2) is 0 Å². The van der Waals surface area contributed by atoms with Crippen molar-refractivity contribution in [2.45, 2.75) is 24.9 Å². The first kappa shape index (κ1) is 24.7. The molecule has 1 aromatic carbocycles. The lowest BCUT2D eigenvalue weighted by atomic mass is 10.2. The van der Waals surface area contributed by atoms with Crippen molar-refractivity contribution in [1.29, 1.82) is 0 Å². The second kappa shape index (κ2) is 10.5. The summed E-state index contributed by atoms with van der Waals surface area (Å²) in [5.41, 5.74) is 0.795. The van der Waals surface area contributed by atoms with Crippen LogP contribution in [-0.2, 0) is 16.1 Å². The molecule has 1 N–H and O–H groups in total. The molecule has 2 aliphatic rings. The first-order valence-corrected chi connectivity index (χ1v) is 11.5. The quantitative estimate of drug-likeness (QED) is 0.327. The highest BCUT2D eigenvalue weighted by molar-refractivity contribution is 6.30. The number of nitrogens with one attached hydrogen (secondary N) is 1. The minimum Gasteiger partial charge on any atom is -0.442 e. The molecule has 1 unspecified atom stereocenters. The molecule has 11 nitrogen and oxygen atoms in total. The van der Waals surface area contributed by atoms with Gasteiger partial charge in [-0.05, 0) is 31.2 Å². The van der Waals surface area contributed by atoms with Crippen molar-refractivity contribution in [3.63, 3.8) is 0 Å². The number of benzene rings is 1. The number of cyclic esters (lactones) is 1. The Bertz CT molecular complexity index is 1100. The number of piperazine rings is 1. The zero-order valence-electron chi connectivity index (χ0n) is 19.0. The summed E-state index contributed by atoms with van der Waals surface area (Å²) in [4.78, 5) is 39.4. The van der Waals surface area contributed by atoms with Crippen LogP contribution in [-0.4, -0.2) is 72.6 Å². The highest BCUT2D eigenvalue weighted by Gasteiger charge is 2.33. The summed E-state index contributed by atoms with van der Waals surface area (Å²) in [6, 6.07) is 7.51. The largest absolute Gasteiger partial charge is 0.442 e. The predicted octanol–water partition coefficient (Wildman–Crippen LogP) is 2.72. The molecule has 13 heteroatoms. The SMILES string of the molecule is CC(Cl)C(=O)NC[C@H]1CN(c2ccc(N3CCN(Cc4ccc([N+](=O)[O-])o4)CC3)c(F)c2)C(=O)O1. The fraction of sp³-hybridized carbons (Fsp3) is 0.455. The van der Waals surface area contributed by atoms with Gasteiger partial charge in [-0.3, -0.25) is 24.7 Å². The number of nitrogens with zero attached hydrogens (tertiary/aromatic N) is 4. The molecule has 2 aromatic rings. The highest BCUT2D eigenvalue weighted by atomic mass is 35.5. The minimum atomic E-state index is -0.696. The molecule has 0 spiro atoms. The number of carbonyl (C=O) groups excluding carboxylic acids is 2. The van der Waals surface area contributed by atoms with Gasteiger partial charge in [-0.25, -0.2) is 9.18 Å². The Morgan fingerprint density at radius 1 is 1.29 bits per heavy atom. The molecule has 188 valence electrons. The Kier molecular flexibility index (Phi) is 7.41. The van der Waals surface area contributed by atoms with Crippen molar-refractivity contribution in [2.75, 3.05) is 49.1 Å². The van der Waals surface area contributed by atoms with E-state index < -0.39 is 28.3 Å². The summed E-state index contributed by atoms with van der Waals surface area (Å²) in [6.45, 7) is 4.65. The number of halogens is 2. The molecule has 2 amide bonds. The van der Waals surface area contributed by atoms with Crippen molar-refractivity contribution in [2.24, 2.45) is 0 Å². The molecule has 4 rings (SSSR count). The molecule has 0 saturated carbocycles. The number of rotatable bonds is 8. The second-order valence-corrected chi connectivity index (χ2v) is 9.03. The molecule has 2 atom stereocenters. The Hall–Kier alpha value is -3.38. The van der Waals surface area contributed by atoms with Gasteiger partial charge in [-0.2, -0.15) is 0 Å². The van der Waals surface area contributed by atoms with Crippen LogP contribution >= 0.6 is 11.6 Å². The van der Waals surface area contributed by atoms with E-state index in [9.17, 15) is 24.1 Å². The van der Waals surface area contributed by atoms with Crippen molar-refractivity contribution in [1.82, 2.24) is 10.2 Å². The van der Waals surface area contributed by atoms with Crippen molar-refractivity contribution >= 4 is 40.9 Å². The summed E-state index contributed by atoms with van der Waals surface area (Å²) in [7, 11) is 0. The first-order chi connectivity index (χ1) is 16.7. The Morgan fingerprint density at radius 2 is 2.03 bits per heavy atom. The smallest absolute Gasteiger partial charge is 0.433 e.